The smallest absolute Gasteiger partial charge is 0.0507 e. The monoisotopic (exact) mass is 266 g/mol. The minimum Gasteiger partial charge on any atom is -0.381 e. The van der Waals surface area contributed by atoms with E-state index in [0.29, 0.717) is 11.6 Å². The van der Waals surface area contributed by atoms with Gasteiger partial charge in [0.15, 0.2) is 0 Å². The number of hydrogen-bond acceptors (Lipinski definition) is 3. The maximum atomic E-state index is 5.58. The second kappa shape index (κ2) is 5.71. The Balaban J connectivity index is 1.69. The highest BCUT2D eigenvalue weighted by molar-refractivity contribution is 5.02. The molecule has 3 aliphatic rings. The Labute approximate surface area is 118 Å². The molecule has 0 amide bonds. The third kappa shape index (κ3) is 2.84. The van der Waals surface area contributed by atoms with Crippen LogP contribution in [0.4, 0.5) is 0 Å². The molecular weight excluding hydrogens is 236 g/mol. The number of piperazine rings is 1. The zero-order valence-corrected chi connectivity index (χ0v) is 12.7. The van der Waals surface area contributed by atoms with Crippen molar-refractivity contribution < 1.29 is 4.74 Å². The van der Waals surface area contributed by atoms with E-state index in [0.717, 1.165) is 25.0 Å². The average Bonchev–Trinajstić information content (AvgIpc) is 3.04. The highest BCUT2D eigenvalue weighted by atomic mass is 16.5. The van der Waals surface area contributed by atoms with Gasteiger partial charge in [0.1, 0.15) is 0 Å². The molecule has 3 fully saturated rings. The van der Waals surface area contributed by atoms with Crippen molar-refractivity contribution in [2.24, 2.45) is 11.8 Å². The van der Waals surface area contributed by atoms with Gasteiger partial charge in [0.25, 0.3) is 0 Å². The maximum Gasteiger partial charge on any atom is 0.0507 e. The molecule has 3 nitrogen and oxygen atoms in total. The van der Waals surface area contributed by atoms with Crippen LogP contribution < -0.4 is 5.32 Å². The standard InChI is InChI=1S/C16H30N2O/c1-13(2)15-10-18(9-14-5-8-19-11-14)16(12-17-15)6-3-4-7-16/h13-15,17H,3-12H2,1-2H3. The summed E-state index contributed by atoms with van der Waals surface area (Å²) in [6.45, 7) is 10.4. The fourth-order valence-corrected chi connectivity index (χ4v) is 4.21. The first-order valence-electron chi connectivity index (χ1n) is 8.26. The summed E-state index contributed by atoms with van der Waals surface area (Å²) in [5.41, 5.74) is 0.480. The fourth-order valence-electron chi connectivity index (χ4n) is 4.21. The summed E-state index contributed by atoms with van der Waals surface area (Å²) in [5, 5.41) is 3.83. The van der Waals surface area contributed by atoms with Gasteiger partial charge < -0.3 is 10.1 Å². The zero-order valence-electron chi connectivity index (χ0n) is 12.7. The van der Waals surface area contributed by atoms with Crippen molar-refractivity contribution in [1.82, 2.24) is 10.2 Å². The molecule has 3 rings (SSSR count). The van der Waals surface area contributed by atoms with Crippen molar-refractivity contribution in [3.63, 3.8) is 0 Å². The van der Waals surface area contributed by atoms with Crippen molar-refractivity contribution in [1.29, 1.82) is 0 Å². The van der Waals surface area contributed by atoms with E-state index in [1.807, 2.05) is 0 Å². The van der Waals surface area contributed by atoms with Crippen molar-refractivity contribution >= 4 is 0 Å². The average molecular weight is 266 g/mol. The lowest BCUT2D eigenvalue weighted by Crippen LogP contribution is -2.65. The quantitative estimate of drug-likeness (QED) is 0.848. The summed E-state index contributed by atoms with van der Waals surface area (Å²) in [4.78, 5) is 2.85. The van der Waals surface area contributed by atoms with Gasteiger partial charge in [0, 0.05) is 37.8 Å². The molecule has 0 radical (unpaired) electrons. The third-order valence-electron chi connectivity index (χ3n) is 5.62. The third-order valence-corrected chi connectivity index (χ3v) is 5.62. The van der Waals surface area contributed by atoms with Crippen molar-refractivity contribution in [2.45, 2.75) is 57.5 Å². The van der Waals surface area contributed by atoms with Gasteiger partial charge in [-0.15, -0.1) is 0 Å². The first-order valence-corrected chi connectivity index (χ1v) is 8.26. The predicted octanol–water partition coefficient (Wildman–Crippen LogP) is 2.27. The van der Waals surface area contributed by atoms with E-state index < -0.39 is 0 Å². The molecule has 2 unspecified atom stereocenters. The molecule has 0 bridgehead atoms. The van der Waals surface area contributed by atoms with Crippen molar-refractivity contribution in [3.05, 3.63) is 0 Å². The van der Waals surface area contributed by atoms with Gasteiger partial charge in [0.2, 0.25) is 0 Å². The van der Waals surface area contributed by atoms with Crippen LogP contribution in [0.25, 0.3) is 0 Å². The first kappa shape index (κ1) is 13.8. The Kier molecular flexibility index (Phi) is 4.16. The van der Waals surface area contributed by atoms with E-state index in [1.54, 1.807) is 0 Å². The van der Waals surface area contributed by atoms with Gasteiger partial charge in [-0.2, -0.15) is 0 Å². The highest BCUT2D eigenvalue weighted by Gasteiger charge is 2.44. The minimum atomic E-state index is 0.480. The van der Waals surface area contributed by atoms with Crippen LogP contribution in [0.1, 0.15) is 46.0 Å². The Morgan fingerprint density at radius 1 is 1.32 bits per heavy atom. The van der Waals surface area contributed by atoms with Gasteiger partial charge >= 0.3 is 0 Å². The molecule has 0 aromatic carbocycles. The summed E-state index contributed by atoms with van der Waals surface area (Å²) >= 11 is 0. The summed E-state index contributed by atoms with van der Waals surface area (Å²) in [7, 11) is 0. The minimum absolute atomic E-state index is 0.480. The topological polar surface area (TPSA) is 24.5 Å². The number of ether oxygens (including phenoxy) is 1. The molecule has 2 saturated heterocycles. The summed E-state index contributed by atoms with van der Waals surface area (Å²) in [6, 6.07) is 0.675. The van der Waals surface area contributed by atoms with Crippen molar-refractivity contribution in [3.8, 4) is 0 Å². The van der Waals surface area contributed by atoms with E-state index in [4.69, 9.17) is 4.74 Å². The van der Waals surface area contributed by atoms with Crippen LogP contribution in [0.15, 0.2) is 0 Å². The molecule has 19 heavy (non-hydrogen) atoms. The maximum absolute atomic E-state index is 5.58. The van der Waals surface area contributed by atoms with Crippen LogP contribution in [-0.4, -0.2) is 49.3 Å². The van der Waals surface area contributed by atoms with Crippen LogP contribution in [0.2, 0.25) is 0 Å². The summed E-state index contributed by atoms with van der Waals surface area (Å²) < 4.78 is 5.58. The number of nitrogens with one attached hydrogen (secondary N) is 1. The molecule has 110 valence electrons. The number of nitrogens with zero attached hydrogens (tertiary/aromatic N) is 1. The van der Waals surface area contributed by atoms with Gasteiger partial charge in [-0.05, 0) is 31.1 Å². The van der Waals surface area contributed by atoms with E-state index in [-0.39, 0.29) is 0 Å². The molecule has 1 saturated carbocycles. The Morgan fingerprint density at radius 2 is 2.11 bits per heavy atom. The van der Waals surface area contributed by atoms with Gasteiger partial charge in [-0.25, -0.2) is 0 Å². The van der Waals surface area contributed by atoms with Crippen LogP contribution in [0.5, 0.6) is 0 Å². The Hall–Kier alpha value is -0.120. The van der Waals surface area contributed by atoms with Crippen LogP contribution >= 0.6 is 0 Å². The Morgan fingerprint density at radius 3 is 2.74 bits per heavy atom. The molecule has 2 aliphatic heterocycles. The molecule has 0 aromatic heterocycles. The van der Waals surface area contributed by atoms with Crippen LogP contribution in [-0.2, 0) is 4.74 Å². The molecule has 3 heteroatoms. The molecular formula is C16H30N2O. The van der Waals surface area contributed by atoms with Crippen LogP contribution in [0.3, 0.4) is 0 Å². The van der Waals surface area contributed by atoms with E-state index in [1.165, 1.54) is 51.7 Å². The highest BCUT2D eigenvalue weighted by Crippen LogP contribution is 2.38. The lowest BCUT2D eigenvalue weighted by atomic mass is 9.87. The van der Waals surface area contributed by atoms with Crippen molar-refractivity contribution in [2.75, 3.05) is 32.8 Å². The van der Waals surface area contributed by atoms with Gasteiger partial charge in [-0.3, -0.25) is 4.90 Å². The molecule has 2 atom stereocenters. The summed E-state index contributed by atoms with van der Waals surface area (Å²) in [5.74, 6) is 1.52. The largest absolute Gasteiger partial charge is 0.381 e. The van der Waals surface area contributed by atoms with E-state index in [9.17, 15) is 0 Å². The predicted molar refractivity (Wildman–Crippen MR) is 78.3 cm³/mol. The number of rotatable bonds is 3. The molecule has 1 spiro atoms. The fraction of sp³-hybridized carbons (Fsp3) is 1.00. The molecule has 1 aliphatic carbocycles. The second-order valence-corrected chi connectivity index (χ2v) is 7.30. The lowest BCUT2D eigenvalue weighted by Gasteiger charge is -2.50. The first-order chi connectivity index (χ1) is 9.20. The zero-order chi connectivity index (χ0) is 13.3. The normalized spacial score (nSPS) is 35.5. The van der Waals surface area contributed by atoms with Gasteiger partial charge in [-0.1, -0.05) is 26.7 Å². The summed E-state index contributed by atoms with van der Waals surface area (Å²) in [6.07, 6.45) is 6.92. The molecule has 1 N–H and O–H groups in total. The van der Waals surface area contributed by atoms with Gasteiger partial charge in [0.05, 0.1) is 6.61 Å². The number of hydrogen-bond donors (Lipinski definition) is 1. The van der Waals surface area contributed by atoms with E-state index in [2.05, 4.69) is 24.1 Å². The second-order valence-electron chi connectivity index (χ2n) is 7.30. The Bertz CT molecular complexity index is 291. The SMILES string of the molecule is CC(C)C1CN(CC2CCOC2)C2(CCCC2)CN1. The lowest BCUT2D eigenvalue weighted by molar-refractivity contribution is 0.0187. The molecule has 0 aromatic rings. The molecule has 2 heterocycles. The van der Waals surface area contributed by atoms with Crippen LogP contribution in [0, 0.1) is 11.8 Å². The van der Waals surface area contributed by atoms with E-state index >= 15 is 0 Å².